The molecule has 1 aromatic heterocycles. The van der Waals surface area contributed by atoms with Crippen LogP contribution in [0.1, 0.15) is 18.4 Å². The maximum Gasteiger partial charge on any atom is 0.224 e. The molecule has 3 heterocycles. The van der Waals surface area contributed by atoms with Gasteiger partial charge in [0.1, 0.15) is 0 Å². The number of rotatable bonds is 4. The largest absolute Gasteiger partial charge is 0.378 e. The number of likely N-dealkylation sites (tertiary alicyclic amines) is 1. The van der Waals surface area contributed by atoms with Crippen LogP contribution in [0.4, 0.5) is 0 Å². The summed E-state index contributed by atoms with van der Waals surface area (Å²) in [7, 11) is 0. The van der Waals surface area contributed by atoms with Crippen LogP contribution in [-0.2, 0) is 16.0 Å². The van der Waals surface area contributed by atoms with Crippen molar-refractivity contribution in [3.63, 3.8) is 0 Å². The summed E-state index contributed by atoms with van der Waals surface area (Å²) in [5.74, 6) is 0.0534. The third-order valence-electron chi connectivity index (χ3n) is 4.09. The van der Waals surface area contributed by atoms with E-state index >= 15 is 0 Å². The molecule has 2 aliphatic rings. The zero-order valence-electron chi connectivity index (χ0n) is 11.6. The summed E-state index contributed by atoms with van der Waals surface area (Å²) in [6.45, 7) is 3.61. The second kappa shape index (κ2) is 6.33. The minimum absolute atomic E-state index is 0.0534. The normalized spacial score (nSPS) is 26.8. The van der Waals surface area contributed by atoms with Gasteiger partial charge in [-0.15, -0.1) is 0 Å². The zero-order chi connectivity index (χ0) is 13.8. The first-order valence-corrected chi connectivity index (χ1v) is 7.33. The van der Waals surface area contributed by atoms with Gasteiger partial charge in [-0.3, -0.25) is 14.7 Å². The van der Waals surface area contributed by atoms with E-state index in [9.17, 15) is 4.79 Å². The Morgan fingerprint density at radius 3 is 3.00 bits per heavy atom. The minimum atomic E-state index is 0.0534. The number of carbonyl (C=O) groups is 1. The van der Waals surface area contributed by atoms with Crippen LogP contribution in [0.2, 0.25) is 0 Å². The van der Waals surface area contributed by atoms with Crippen molar-refractivity contribution in [1.29, 1.82) is 0 Å². The lowest BCUT2D eigenvalue weighted by Crippen LogP contribution is -2.50. The molecule has 2 unspecified atom stereocenters. The Morgan fingerprint density at radius 1 is 1.40 bits per heavy atom. The van der Waals surface area contributed by atoms with Gasteiger partial charge in [0.05, 0.1) is 31.7 Å². The van der Waals surface area contributed by atoms with Crippen LogP contribution in [0, 0.1) is 0 Å². The average molecular weight is 275 g/mol. The number of amides is 1. The van der Waals surface area contributed by atoms with Gasteiger partial charge in [0.15, 0.2) is 0 Å². The lowest BCUT2D eigenvalue weighted by molar-refractivity contribution is -0.121. The van der Waals surface area contributed by atoms with Gasteiger partial charge >= 0.3 is 0 Å². The number of aromatic nitrogens is 1. The van der Waals surface area contributed by atoms with E-state index in [0.29, 0.717) is 19.1 Å². The molecule has 5 heteroatoms. The highest BCUT2D eigenvalue weighted by molar-refractivity contribution is 5.78. The summed E-state index contributed by atoms with van der Waals surface area (Å²) in [5.41, 5.74) is 0.946. The Bertz CT molecular complexity index is 446. The van der Waals surface area contributed by atoms with Crippen molar-refractivity contribution in [3.8, 4) is 0 Å². The third-order valence-corrected chi connectivity index (χ3v) is 4.09. The van der Waals surface area contributed by atoms with Gasteiger partial charge in [-0.2, -0.15) is 0 Å². The highest BCUT2D eigenvalue weighted by atomic mass is 16.5. The monoisotopic (exact) mass is 275 g/mol. The van der Waals surface area contributed by atoms with E-state index in [4.69, 9.17) is 4.74 Å². The van der Waals surface area contributed by atoms with E-state index in [2.05, 4.69) is 15.2 Å². The third kappa shape index (κ3) is 3.16. The Hall–Kier alpha value is -1.46. The van der Waals surface area contributed by atoms with Crippen LogP contribution in [0.5, 0.6) is 0 Å². The van der Waals surface area contributed by atoms with Crippen molar-refractivity contribution in [3.05, 3.63) is 30.1 Å². The van der Waals surface area contributed by atoms with Crippen LogP contribution in [-0.4, -0.2) is 54.2 Å². The minimum Gasteiger partial charge on any atom is -0.378 e. The van der Waals surface area contributed by atoms with Crippen molar-refractivity contribution >= 4 is 5.91 Å². The fourth-order valence-electron chi connectivity index (χ4n) is 3.06. The standard InChI is InChI=1S/C15H21N3O2/c19-15(8-12-4-3-5-16-9-12)17-13-10-20-11-14(13)18-6-1-2-7-18/h3-5,9,13-14H,1-2,6-8,10-11H2,(H,17,19). The van der Waals surface area contributed by atoms with Gasteiger partial charge in [-0.25, -0.2) is 0 Å². The van der Waals surface area contributed by atoms with Crippen LogP contribution in [0.3, 0.4) is 0 Å². The zero-order valence-corrected chi connectivity index (χ0v) is 11.6. The van der Waals surface area contributed by atoms with Crippen molar-refractivity contribution in [2.75, 3.05) is 26.3 Å². The Balaban J connectivity index is 1.55. The Kier molecular flexibility index (Phi) is 4.28. The molecule has 0 spiro atoms. The highest BCUT2D eigenvalue weighted by Gasteiger charge is 2.35. The fourth-order valence-corrected chi connectivity index (χ4v) is 3.06. The second-order valence-electron chi connectivity index (χ2n) is 5.56. The molecule has 2 atom stereocenters. The number of hydrogen-bond donors (Lipinski definition) is 1. The smallest absolute Gasteiger partial charge is 0.224 e. The SMILES string of the molecule is O=C(Cc1cccnc1)NC1COCC1N1CCCC1. The van der Waals surface area contributed by atoms with Gasteiger partial charge < -0.3 is 10.1 Å². The van der Waals surface area contributed by atoms with E-state index in [0.717, 1.165) is 25.3 Å². The summed E-state index contributed by atoms with van der Waals surface area (Å²) in [6.07, 6.45) is 6.36. The van der Waals surface area contributed by atoms with Crippen molar-refractivity contribution < 1.29 is 9.53 Å². The van der Waals surface area contributed by atoms with Crippen LogP contribution in [0.15, 0.2) is 24.5 Å². The average Bonchev–Trinajstić information content (AvgIpc) is 3.10. The molecular formula is C15H21N3O2. The number of carbonyl (C=O) groups excluding carboxylic acids is 1. The van der Waals surface area contributed by atoms with Crippen LogP contribution >= 0.6 is 0 Å². The molecule has 0 aliphatic carbocycles. The molecule has 2 saturated heterocycles. The Labute approximate surface area is 119 Å². The maximum absolute atomic E-state index is 12.1. The Morgan fingerprint density at radius 2 is 2.25 bits per heavy atom. The molecule has 3 rings (SSSR count). The molecule has 0 radical (unpaired) electrons. The molecule has 20 heavy (non-hydrogen) atoms. The molecule has 2 fully saturated rings. The quantitative estimate of drug-likeness (QED) is 0.874. The van der Waals surface area contributed by atoms with E-state index in [1.54, 1.807) is 12.4 Å². The van der Waals surface area contributed by atoms with Crippen LogP contribution in [0.25, 0.3) is 0 Å². The predicted octanol–water partition coefficient (Wildman–Crippen LogP) is 0.603. The molecule has 1 amide bonds. The summed E-state index contributed by atoms with van der Waals surface area (Å²) in [6, 6.07) is 4.25. The number of nitrogens with zero attached hydrogens (tertiary/aromatic N) is 2. The van der Waals surface area contributed by atoms with Gasteiger partial charge in [0.2, 0.25) is 5.91 Å². The number of ether oxygens (including phenoxy) is 1. The molecule has 0 saturated carbocycles. The molecule has 0 aromatic carbocycles. The van der Waals surface area contributed by atoms with Gasteiger partial charge in [0.25, 0.3) is 0 Å². The lowest BCUT2D eigenvalue weighted by atomic mass is 10.1. The fraction of sp³-hybridized carbons (Fsp3) is 0.600. The molecule has 1 aromatic rings. The second-order valence-corrected chi connectivity index (χ2v) is 5.56. The van der Waals surface area contributed by atoms with Gasteiger partial charge in [-0.1, -0.05) is 6.07 Å². The van der Waals surface area contributed by atoms with Crippen molar-refractivity contribution in [1.82, 2.24) is 15.2 Å². The molecular weight excluding hydrogens is 254 g/mol. The topological polar surface area (TPSA) is 54.5 Å². The van der Waals surface area contributed by atoms with Gasteiger partial charge in [0, 0.05) is 12.4 Å². The van der Waals surface area contributed by atoms with E-state index in [1.165, 1.54) is 12.8 Å². The number of pyridine rings is 1. The maximum atomic E-state index is 12.1. The van der Waals surface area contributed by atoms with Gasteiger partial charge in [-0.05, 0) is 37.6 Å². The molecule has 0 bridgehead atoms. The molecule has 5 nitrogen and oxygen atoms in total. The van der Waals surface area contributed by atoms with E-state index in [1.807, 2.05) is 12.1 Å². The highest BCUT2D eigenvalue weighted by Crippen LogP contribution is 2.19. The summed E-state index contributed by atoms with van der Waals surface area (Å²) < 4.78 is 5.56. The van der Waals surface area contributed by atoms with Crippen LogP contribution < -0.4 is 5.32 Å². The molecule has 1 N–H and O–H groups in total. The first-order chi connectivity index (χ1) is 9.83. The van der Waals surface area contributed by atoms with Crippen molar-refractivity contribution in [2.45, 2.75) is 31.3 Å². The van der Waals surface area contributed by atoms with E-state index in [-0.39, 0.29) is 11.9 Å². The summed E-state index contributed by atoms with van der Waals surface area (Å²) in [4.78, 5) is 18.6. The summed E-state index contributed by atoms with van der Waals surface area (Å²) >= 11 is 0. The molecule has 108 valence electrons. The lowest BCUT2D eigenvalue weighted by Gasteiger charge is -2.27. The number of hydrogen-bond acceptors (Lipinski definition) is 4. The number of nitrogens with one attached hydrogen (secondary N) is 1. The van der Waals surface area contributed by atoms with Crippen molar-refractivity contribution in [2.24, 2.45) is 0 Å². The first kappa shape index (κ1) is 13.5. The molecule has 2 aliphatic heterocycles. The first-order valence-electron chi connectivity index (χ1n) is 7.33. The summed E-state index contributed by atoms with van der Waals surface area (Å²) in [5, 5.41) is 3.12. The predicted molar refractivity (Wildman–Crippen MR) is 75.3 cm³/mol. The van der Waals surface area contributed by atoms with E-state index < -0.39 is 0 Å².